The van der Waals surface area contributed by atoms with Crippen LogP contribution in [0.2, 0.25) is 0 Å². The first-order valence-corrected chi connectivity index (χ1v) is 49.8. The first-order valence-electron chi connectivity index (χ1n) is 49.8. The second kappa shape index (κ2) is 56.1. The van der Waals surface area contributed by atoms with Gasteiger partial charge in [0.05, 0.1) is 68.1 Å². The maximum absolute atomic E-state index is 12.6. The molecule has 4 heterocycles. The van der Waals surface area contributed by atoms with Gasteiger partial charge in [-0.2, -0.15) is 0 Å². The molecule has 0 radical (unpaired) electrons. The van der Waals surface area contributed by atoms with E-state index in [0.29, 0.717) is 74.7 Å². The van der Waals surface area contributed by atoms with Gasteiger partial charge in [-0.3, -0.25) is 43.2 Å². The third-order valence-electron chi connectivity index (χ3n) is 34.0. The van der Waals surface area contributed by atoms with Crippen LogP contribution in [0.25, 0.3) is 0 Å². The molecule has 19 fully saturated rings. The van der Waals surface area contributed by atoms with Crippen molar-refractivity contribution in [3.05, 3.63) is 0 Å². The van der Waals surface area contributed by atoms with E-state index in [9.17, 15) is 63.0 Å². The van der Waals surface area contributed by atoms with Crippen LogP contribution in [-0.2, 0) is 105 Å². The van der Waals surface area contributed by atoms with Crippen LogP contribution in [0.5, 0.6) is 0 Å². The van der Waals surface area contributed by atoms with E-state index in [-0.39, 0.29) is 239 Å². The van der Waals surface area contributed by atoms with Crippen molar-refractivity contribution < 1.29 is 115 Å². The largest absolute Gasteiger partial charge is 0.463 e. The zero-order valence-corrected chi connectivity index (χ0v) is 83.8. The molecule has 0 aromatic carbocycles. The van der Waals surface area contributed by atoms with Gasteiger partial charge >= 0.3 is 65.7 Å². The molecule has 11 atom stereocenters. The van der Waals surface area contributed by atoms with Gasteiger partial charge in [-0.15, -0.1) is 0 Å². The molecule has 19 rings (SSSR count). The molecule has 15 saturated carbocycles. The van der Waals surface area contributed by atoms with Crippen molar-refractivity contribution in [1.29, 1.82) is 0 Å². The Morgan fingerprint density at radius 3 is 1.08 bits per heavy atom. The Labute approximate surface area is 870 Å². The van der Waals surface area contributed by atoms with E-state index < -0.39 is 68.4 Å². The van der Waals surface area contributed by atoms with Crippen LogP contribution >= 0.6 is 0 Å². The van der Waals surface area contributed by atoms with Crippen molar-refractivity contribution in [3.63, 3.8) is 0 Å². The Morgan fingerprint density at radius 2 is 0.732 bits per heavy atom. The molecule has 842 valence electrons. The van der Waals surface area contributed by atoms with Gasteiger partial charge in [-0.1, -0.05) is 173 Å². The molecular formula is C118H226O24. The molecule has 4 aliphatic heterocycles. The van der Waals surface area contributed by atoms with E-state index in [1.165, 1.54) is 64.2 Å². The summed E-state index contributed by atoms with van der Waals surface area (Å²) in [5, 5.41) is 21.3. The molecule has 0 amide bonds. The third-order valence-corrected chi connectivity index (χ3v) is 34.0. The van der Waals surface area contributed by atoms with Crippen molar-refractivity contribution >= 4 is 65.7 Å². The lowest BCUT2D eigenvalue weighted by atomic mass is 9.46. The highest BCUT2D eigenvalue weighted by Crippen LogP contribution is 2.66. The van der Waals surface area contributed by atoms with E-state index in [2.05, 4.69) is 41.5 Å². The monoisotopic (exact) mass is 2030 g/mol. The molecule has 19 aliphatic rings. The highest BCUT2D eigenvalue weighted by molar-refractivity contribution is 5.84. The first-order chi connectivity index (χ1) is 59.1. The standard InChI is InChI=1S/C19H32O2.C18H26O6.2C16H26O3.C15H28O2.2C10H16O4.14CH4/c1-6-17(2,3)16(20)21-18(4,5)19-10-13-7-14(11-19)9-15(8-13)12-19;1-4-18(2,3)17(21)22-9-14(19)24-15-11-5-10-6-12(8-11)16(20)23-13(15)7-10;2*1-4-14(2,3)13(17)19-16-8-11-5-12(9-16)7-15(18,6-11)10-16;1-7-14(5,6)12(16)17-15(13(2,3)4)10-8-9-11-15;1-4-10(2,3)9(12)14-7-5-8(11)13-6-7;1-4-10(2,3)9(12)14-7-5-6-13-8(7)11;;;;;;;;;;;;;;/h13-15H,6-12H2,1-5H3;10-13,15H,4-9H2,1-3H3;2*11-12,18H,4-10H2,1-3H3;7-11H2,1-6H3;2*7H,4-6H2,1-3H3;14*1H4. The normalized spacial score (nSPS) is 30.2. The van der Waals surface area contributed by atoms with Gasteiger partial charge in [0.25, 0.3) is 0 Å². The van der Waals surface area contributed by atoms with Crippen molar-refractivity contribution in [3.8, 4) is 0 Å². The second-order valence-electron chi connectivity index (χ2n) is 48.7. The molecule has 24 nitrogen and oxygen atoms in total. The van der Waals surface area contributed by atoms with Crippen LogP contribution in [0.4, 0.5) is 0 Å². The average molecular weight is 2030 g/mol. The van der Waals surface area contributed by atoms with Gasteiger partial charge in [0.2, 0.25) is 6.10 Å². The van der Waals surface area contributed by atoms with E-state index in [1.807, 2.05) is 111 Å². The van der Waals surface area contributed by atoms with Crippen LogP contribution in [0, 0.1) is 108 Å². The van der Waals surface area contributed by atoms with Crippen LogP contribution in [-0.4, -0.2) is 154 Å². The molecule has 0 aromatic rings. The Kier molecular flexibility index (Phi) is 58.0. The lowest BCUT2D eigenvalue weighted by Gasteiger charge is -2.61. The molecule has 0 spiro atoms. The highest BCUT2D eigenvalue weighted by atomic mass is 16.6. The number of hydrogen-bond donors (Lipinski definition) is 2. The van der Waals surface area contributed by atoms with Crippen molar-refractivity contribution in [2.75, 3.05) is 19.8 Å². The zero-order valence-electron chi connectivity index (χ0n) is 83.8. The molecular weight excluding hydrogens is 1800 g/mol. The minimum atomic E-state index is -0.687. The fraction of sp³-hybridized carbons (Fsp3) is 0.907. The van der Waals surface area contributed by atoms with Crippen LogP contribution < -0.4 is 0 Å². The SMILES string of the molecule is C.C.C.C.C.C.C.C.C.C.C.C.C.C.CCC(C)(C)C(=O)OC(C)(C)C12CC3CC(CC(C3)C1)C2.CCC(C)(C)C(=O)OC1(C(C)(C)C)CCCC1.CCC(C)(C)C(=O)OC12CC3CC(CC(O)(C3)C1)C2.CCC(C)(C)C(=O)OC12CC3CC(CC(O)(C3)C1)C2.CCC(C)(C)C(=O)OC1CCOC1=O.CCC(C)(C)C(=O)OC1COC(=O)C1.CCC(C)(C)C(=O)OCC(=O)OC1C2CC3CC(C2)C(=O)OC1C3. The minimum absolute atomic E-state index is 0. The van der Waals surface area contributed by atoms with Gasteiger partial charge in [0, 0.05) is 36.0 Å². The minimum Gasteiger partial charge on any atom is -0.463 e. The maximum atomic E-state index is 12.6. The smallest absolute Gasteiger partial charge is 0.347 e. The molecule has 142 heavy (non-hydrogen) atoms. The topological polar surface area (TPSA) is 330 Å². The maximum Gasteiger partial charge on any atom is 0.347 e. The van der Waals surface area contributed by atoms with Gasteiger partial charge in [-0.25, -0.2) is 9.59 Å². The summed E-state index contributed by atoms with van der Waals surface area (Å²) in [5.41, 5.74) is -5.26. The van der Waals surface area contributed by atoms with Crippen molar-refractivity contribution in [2.45, 2.75) is 567 Å². The summed E-state index contributed by atoms with van der Waals surface area (Å²) in [7, 11) is 0. The number of rotatable bonds is 24. The number of hydrogen-bond acceptors (Lipinski definition) is 24. The fourth-order valence-electron chi connectivity index (χ4n) is 23.5. The molecule has 11 unspecified atom stereocenters. The van der Waals surface area contributed by atoms with E-state index in [4.69, 9.17) is 52.1 Å². The van der Waals surface area contributed by atoms with Gasteiger partial charge in [0.1, 0.15) is 47.3 Å². The average Bonchev–Trinajstić information content (AvgIpc) is 0.730. The van der Waals surface area contributed by atoms with Crippen LogP contribution in [0.15, 0.2) is 0 Å². The highest BCUT2D eigenvalue weighted by Gasteiger charge is 2.64. The lowest BCUT2D eigenvalue weighted by molar-refractivity contribution is -0.226. The summed E-state index contributed by atoms with van der Waals surface area (Å²) in [6.07, 6.45) is 31.3. The summed E-state index contributed by atoms with van der Waals surface area (Å²) in [4.78, 5) is 131. The zero-order chi connectivity index (χ0) is 95.6. The molecule has 0 aromatic heterocycles. The number of esters is 11. The van der Waals surface area contributed by atoms with Gasteiger partial charge in [-0.05, 0) is 357 Å². The Morgan fingerprint density at radius 1 is 0.373 bits per heavy atom. The molecule has 4 saturated heterocycles. The molecule has 2 N–H and O–H groups in total. The van der Waals surface area contributed by atoms with E-state index in [1.54, 1.807) is 27.7 Å². The van der Waals surface area contributed by atoms with Gasteiger partial charge in [0.15, 0.2) is 6.61 Å². The predicted octanol–water partition coefficient (Wildman–Crippen LogP) is 29.1. The second-order valence-corrected chi connectivity index (χ2v) is 48.7. The molecule has 24 heteroatoms. The third kappa shape index (κ3) is 35.4. The van der Waals surface area contributed by atoms with Crippen molar-refractivity contribution in [1.82, 2.24) is 0 Å². The Bertz CT molecular complexity index is 3770. The molecule has 15 aliphatic carbocycles. The quantitative estimate of drug-likeness (QED) is 0.0669. The number of carbonyl (C=O) groups is 11. The van der Waals surface area contributed by atoms with E-state index >= 15 is 0 Å². The lowest BCUT2D eigenvalue weighted by Crippen LogP contribution is -2.61. The predicted molar refractivity (Wildman–Crippen MR) is 578 cm³/mol. The number of aliphatic hydroxyl groups is 2. The Balaban J connectivity index is -0.000000376. The van der Waals surface area contributed by atoms with Gasteiger partial charge < -0.3 is 62.3 Å². The van der Waals surface area contributed by atoms with Crippen LogP contribution in [0.1, 0.15) is 509 Å². The summed E-state index contributed by atoms with van der Waals surface area (Å²) < 4.78 is 59.8. The van der Waals surface area contributed by atoms with Crippen LogP contribution in [0.3, 0.4) is 0 Å². The summed E-state index contributed by atoms with van der Waals surface area (Å²) in [5.74, 6) is 2.90. The summed E-state index contributed by atoms with van der Waals surface area (Å²) in [6.45, 7) is 51.5. The number of fused-ring (bicyclic) bond motifs is 1. The summed E-state index contributed by atoms with van der Waals surface area (Å²) in [6, 6.07) is 0. The number of ether oxygens (including phenoxy) is 11. The van der Waals surface area contributed by atoms with E-state index in [0.717, 1.165) is 133 Å². The fourth-order valence-corrected chi connectivity index (χ4v) is 23.5. The molecule has 16 bridgehead atoms. The summed E-state index contributed by atoms with van der Waals surface area (Å²) >= 11 is 0. The number of carbonyl (C=O) groups excluding carboxylic acids is 11. The number of cyclic esters (lactones) is 2. The first kappa shape index (κ1) is 147. The Hall–Kier alpha value is -5.91. The van der Waals surface area contributed by atoms with Crippen molar-refractivity contribution in [2.24, 2.45) is 108 Å².